The first-order valence-electron chi connectivity index (χ1n) is 20.2. The molecule has 7 unspecified atom stereocenters. The van der Waals surface area contributed by atoms with Crippen LogP contribution in [0.25, 0.3) is 0 Å². The van der Waals surface area contributed by atoms with Gasteiger partial charge in [0, 0.05) is 6.42 Å². The van der Waals surface area contributed by atoms with Crippen molar-refractivity contribution in [1.29, 1.82) is 0 Å². The maximum atomic E-state index is 12.9. The van der Waals surface area contributed by atoms with Crippen LogP contribution >= 0.6 is 0 Å². The van der Waals surface area contributed by atoms with Gasteiger partial charge in [-0.25, -0.2) is 0 Å². The van der Waals surface area contributed by atoms with E-state index in [0.717, 1.165) is 70.6 Å². The number of aliphatic hydroxyl groups excluding tert-OH is 5. The molecule has 50 heavy (non-hydrogen) atoms. The molecular formula is C41H75NO8. The summed E-state index contributed by atoms with van der Waals surface area (Å²) in [5.74, 6) is -0.195. The Morgan fingerprint density at radius 3 is 1.80 bits per heavy atom. The number of ether oxygens (including phenoxy) is 2. The molecule has 292 valence electrons. The summed E-state index contributed by atoms with van der Waals surface area (Å²) < 4.78 is 11.2. The maximum Gasteiger partial charge on any atom is 0.220 e. The summed E-state index contributed by atoms with van der Waals surface area (Å²) in [4.78, 5) is 12.9. The second kappa shape index (κ2) is 32.1. The Bertz CT molecular complexity index is 879. The number of hydrogen-bond donors (Lipinski definition) is 6. The van der Waals surface area contributed by atoms with Gasteiger partial charge in [-0.2, -0.15) is 0 Å². The van der Waals surface area contributed by atoms with Gasteiger partial charge in [-0.05, 0) is 44.9 Å². The molecular weight excluding hydrogens is 634 g/mol. The fourth-order valence-electron chi connectivity index (χ4n) is 6.13. The van der Waals surface area contributed by atoms with Crippen LogP contribution in [-0.2, 0) is 14.3 Å². The van der Waals surface area contributed by atoms with E-state index in [-0.39, 0.29) is 12.5 Å². The van der Waals surface area contributed by atoms with Crippen LogP contribution in [0.1, 0.15) is 162 Å². The van der Waals surface area contributed by atoms with E-state index in [2.05, 4.69) is 43.5 Å². The predicted octanol–water partition coefficient (Wildman–Crippen LogP) is 7.33. The van der Waals surface area contributed by atoms with Crippen molar-refractivity contribution in [2.24, 2.45) is 0 Å². The van der Waals surface area contributed by atoms with Crippen LogP contribution in [-0.4, -0.2) is 87.5 Å². The lowest BCUT2D eigenvalue weighted by molar-refractivity contribution is -0.302. The first-order valence-corrected chi connectivity index (χ1v) is 20.2. The highest BCUT2D eigenvalue weighted by Crippen LogP contribution is 2.22. The molecule has 1 rings (SSSR count). The normalized spacial score (nSPS) is 22.6. The molecule has 1 fully saturated rings. The molecule has 1 saturated heterocycles. The smallest absolute Gasteiger partial charge is 0.220 e. The first kappa shape index (κ1) is 46.4. The van der Waals surface area contributed by atoms with Gasteiger partial charge in [0.25, 0.3) is 0 Å². The van der Waals surface area contributed by atoms with Gasteiger partial charge < -0.3 is 40.3 Å². The van der Waals surface area contributed by atoms with Gasteiger partial charge in [-0.3, -0.25) is 4.79 Å². The predicted molar refractivity (Wildman–Crippen MR) is 203 cm³/mol. The summed E-state index contributed by atoms with van der Waals surface area (Å²) in [5, 5.41) is 53.9. The van der Waals surface area contributed by atoms with Crippen molar-refractivity contribution in [2.45, 2.75) is 204 Å². The van der Waals surface area contributed by atoms with E-state index in [0.29, 0.717) is 6.42 Å². The van der Waals surface area contributed by atoms with Crippen molar-refractivity contribution in [3.05, 3.63) is 36.5 Å². The third kappa shape index (κ3) is 23.1. The summed E-state index contributed by atoms with van der Waals surface area (Å²) in [6.45, 7) is 3.67. The van der Waals surface area contributed by atoms with Gasteiger partial charge in [0.05, 0.1) is 25.4 Å². The summed E-state index contributed by atoms with van der Waals surface area (Å²) in [5.41, 5.74) is 0. The zero-order valence-corrected chi connectivity index (χ0v) is 31.6. The molecule has 0 aliphatic carbocycles. The number of amides is 1. The van der Waals surface area contributed by atoms with Crippen molar-refractivity contribution in [3.8, 4) is 0 Å². The average Bonchev–Trinajstić information content (AvgIpc) is 3.11. The molecule has 9 nitrogen and oxygen atoms in total. The summed E-state index contributed by atoms with van der Waals surface area (Å²) in [6.07, 6.45) is 30.4. The van der Waals surface area contributed by atoms with E-state index in [9.17, 15) is 30.3 Å². The van der Waals surface area contributed by atoms with Gasteiger partial charge in [0.1, 0.15) is 24.4 Å². The van der Waals surface area contributed by atoms with Crippen LogP contribution in [0.2, 0.25) is 0 Å². The van der Waals surface area contributed by atoms with Gasteiger partial charge in [-0.1, -0.05) is 147 Å². The molecule has 1 aliphatic rings. The van der Waals surface area contributed by atoms with Crippen molar-refractivity contribution >= 4 is 5.91 Å². The van der Waals surface area contributed by atoms with Crippen LogP contribution in [0, 0.1) is 0 Å². The Morgan fingerprint density at radius 1 is 0.680 bits per heavy atom. The fourth-order valence-corrected chi connectivity index (χ4v) is 6.13. The Kier molecular flexibility index (Phi) is 29.8. The first-order chi connectivity index (χ1) is 24.3. The molecule has 0 aromatic rings. The van der Waals surface area contributed by atoms with Crippen LogP contribution in [0.15, 0.2) is 36.5 Å². The molecule has 9 heteroatoms. The number of carbonyl (C=O) groups excluding carboxylic acids is 1. The Balaban J connectivity index is 2.45. The second-order valence-electron chi connectivity index (χ2n) is 14.1. The monoisotopic (exact) mass is 710 g/mol. The van der Waals surface area contributed by atoms with Crippen LogP contribution in [0.5, 0.6) is 0 Å². The van der Waals surface area contributed by atoms with Crippen LogP contribution in [0.3, 0.4) is 0 Å². The van der Waals surface area contributed by atoms with Crippen LogP contribution in [0.4, 0.5) is 0 Å². The van der Waals surface area contributed by atoms with Crippen molar-refractivity contribution in [3.63, 3.8) is 0 Å². The van der Waals surface area contributed by atoms with Gasteiger partial charge >= 0.3 is 0 Å². The third-order valence-corrected chi connectivity index (χ3v) is 9.44. The molecule has 0 saturated carbocycles. The number of unbranched alkanes of at least 4 members (excludes halogenated alkanes) is 18. The number of carbonyl (C=O) groups is 1. The minimum Gasteiger partial charge on any atom is -0.394 e. The number of nitrogens with one attached hydrogen (secondary N) is 1. The molecule has 0 spiro atoms. The summed E-state index contributed by atoms with van der Waals surface area (Å²) in [6, 6.07) is -0.809. The van der Waals surface area contributed by atoms with Crippen LogP contribution < -0.4 is 5.32 Å². The Hall–Kier alpha value is -1.59. The average molecular weight is 710 g/mol. The molecule has 6 N–H and O–H groups in total. The maximum absolute atomic E-state index is 12.9. The van der Waals surface area contributed by atoms with E-state index in [4.69, 9.17) is 9.47 Å². The third-order valence-electron chi connectivity index (χ3n) is 9.44. The van der Waals surface area contributed by atoms with Crippen molar-refractivity contribution < 1.29 is 39.8 Å². The lowest BCUT2D eigenvalue weighted by atomic mass is 9.99. The highest BCUT2D eigenvalue weighted by atomic mass is 16.7. The number of rotatable bonds is 32. The van der Waals surface area contributed by atoms with Crippen molar-refractivity contribution in [2.75, 3.05) is 13.2 Å². The molecule has 1 aliphatic heterocycles. The lowest BCUT2D eigenvalue weighted by Gasteiger charge is -2.40. The minimum absolute atomic E-state index is 0.194. The van der Waals surface area contributed by atoms with Crippen molar-refractivity contribution in [1.82, 2.24) is 5.32 Å². The SMILES string of the molecule is CCC/C=C\C/C=C\CCCCCCCC(=O)NC(COC1OC(CO)C(O)C(O)C1O)C(O)/C=C/CCCCCCCCCCCCCC. The van der Waals surface area contributed by atoms with E-state index in [1.807, 2.05) is 6.08 Å². The number of hydrogen-bond acceptors (Lipinski definition) is 8. The number of allylic oxidation sites excluding steroid dienone is 5. The quantitative estimate of drug-likeness (QED) is 0.0314. The Labute approximate surface area is 304 Å². The molecule has 0 bridgehead atoms. The van der Waals surface area contributed by atoms with E-state index >= 15 is 0 Å². The molecule has 7 atom stereocenters. The zero-order chi connectivity index (χ0) is 36.7. The molecule has 0 aromatic heterocycles. The van der Waals surface area contributed by atoms with Gasteiger partial charge in [-0.15, -0.1) is 0 Å². The zero-order valence-electron chi connectivity index (χ0n) is 31.6. The molecule has 1 heterocycles. The fraction of sp³-hybridized carbons (Fsp3) is 0.829. The van der Waals surface area contributed by atoms with Gasteiger partial charge in [0.15, 0.2) is 6.29 Å². The summed E-state index contributed by atoms with van der Waals surface area (Å²) in [7, 11) is 0. The van der Waals surface area contributed by atoms with E-state index in [1.54, 1.807) is 6.08 Å². The van der Waals surface area contributed by atoms with E-state index < -0.39 is 49.5 Å². The van der Waals surface area contributed by atoms with Gasteiger partial charge in [0.2, 0.25) is 5.91 Å². The largest absolute Gasteiger partial charge is 0.394 e. The molecule has 0 aromatic carbocycles. The molecule has 0 radical (unpaired) electrons. The standard InChI is InChI=1S/C41H75NO8/c1-3-5-7-9-11-13-15-17-19-20-22-24-26-28-30-35(44)34(33-49-41-40(48)39(47)38(46)36(32-43)50-41)42-37(45)31-29-27-25-23-21-18-16-14-12-10-8-6-4-2/h8,10,14,16,28,30,34-36,38-41,43-44,46-48H,3-7,9,11-13,15,17-27,29,31-33H2,1-2H3,(H,42,45)/b10-8-,16-14-,30-28+. The number of aliphatic hydroxyl groups is 5. The topological polar surface area (TPSA) is 149 Å². The lowest BCUT2D eigenvalue weighted by Crippen LogP contribution is -2.60. The Morgan fingerprint density at radius 2 is 1.22 bits per heavy atom. The summed E-state index contributed by atoms with van der Waals surface area (Å²) >= 11 is 0. The van der Waals surface area contributed by atoms with E-state index in [1.165, 1.54) is 70.6 Å². The second-order valence-corrected chi connectivity index (χ2v) is 14.1. The minimum atomic E-state index is -1.57. The highest BCUT2D eigenvalue weighted by Gasteiger charge is 2.44. The highest BCUT2D eigenvalue weighted by molar-refractivity contribution is 5.76. The molecule has 1 amide bonds.